The number of fused-ring (bicyclic) bond motifs is 1. The van der Waals surface area contributed by atoms with Gasteiger partial charge in [0, 0.05) is 29.7 Å². The smallest absolute Gasteiger partial charge is 0.263 e. The second-order valence-corrected chi connectivity index (χ2v) is 7.64. The zero-order valence-corrected chi connectivity index (χ0v) is 14.7. The van der Waals surface area contributed by atoms with E-state index in [1.165, 1.54) is 33.5 Å². The molecule has 1 fully saturated rings. The van der Waals surface area contributed by atoms with E-state index in [-0.39, 0.29) is 5.91 Å². The molecule has 1 aliphatic rings. The average Bonchev–Trinajstić information content (AvgIpc) is 3.24. The van der Waals surface area contributed by atoms with Gasteiger partial charge in [-0.3, -0.25) is 4.79 Å². The minimum Gasteiger partial charge on any atom is -0.358 e. The number of hydrogen-bond acceptors (Lipinski definition) is 2. The zero-order valence-electron chi connectivity index (χ0n) is 13.9. The standard InChI is InChI=1S/C20H22N2OS/c1-14-17(16-5-2-3-6-18(16)21-14)13-15-8-10-22(11-9-15)20(23)19-7-4-12-24-19/h2-7,12,15,21H,8-11,13H2,1H3. The van der Waals surface area contributed by atoms with E-state index in [9.17, 15) is 4.79 Å². The largest absolute Gasteiger partial charge is 0.358 e. The van der Waals surface area contributed by atoms with Gasteiger partial charge in [0.05, 0.1) is 4.88 Å². The summed E-state index contributed by atoms with van der Waals surface area (Å²) in [7, 11) is 0. The molecule has 4 rings (SSSR count). The highest BCUT2D eigenvalue weighted by molar-refractivity contribution is 7.12. The molecule has 3 nitrogen and oxygen atoms in total. The lowest BCUT2D eigenvalue weighted by molar-refractivity contribution is 0.0695. The molecule has 0 unspecified atom stereocenters. The fraction of sp³-hybridized carbons (Fsp3) is 0.350. The van der Waals surface area contributed by atoms with E-state index in [0.717, 1.165) is 37.2 Å². The van der Waals surface area contributed by atoms with Crippen LogP contribution in [0.2, 0.25) is 0 Å². The summed E-state index contributed by atoms with van der Waals surface area (Å²) in [5, 5.41) is 3.33. The summed E-state index contributed by atoms with van der Waals surface area (Å²) < 4.78 is 0. The predicted octanol–water partition coefficient (Wildman–Crippen LogP) is 4.63. The zero-order chi connectivity index (χ0) is 16.5. The second-order valence-electron chi connectivity index (χ2n) is 6.69. The lowest BCUT2D eigenvalue weighted by atomic mass is 9.89. The highest BCUT2D eigenvalue weighted by Gasteiger charge is 2.25. The quantitative estimate of drug-likeness (QED) is 0.742. The number of hydrogen-bond donors (Lipinski definition) is 1. The van der Waals surface area contributed by atoms with Crippen LogP contribution in [0.25, 0.3) is 10.9 Å². The Kier molecular flexibility index (Phi) is 4.15. The molecular formula is C20H22N2OS. The van der Waals surface area contributed by atoms with Crippen molar-refractivity contribution in [1.29, 1.82) is 0 Å². The van der Waals surface area contributed by atoms with Crippen LogP contribution in [0.5, 0.6) is 0 Å². The molecule has 1 N–H and O–H groups in total. The van der Waals surface area contributed by atoms with Gasteiger partial charge in [-0.1, -0.05) is 24.3 Å². The van der Waals surface area contributed by atoms with Crippen LogP contribution in [0.3, 0.4) is 0 Å². The van der Waals surface area contributed by atoms with Crippen molar-refractivity contribution in [2.75, 3.05) is 13.1 Å². The Morgan fingerprint density at radius 3 is 2.75 bits per heavy atom. The lowest BCUT2D eigenvalue weighted by Crippen LogP contribution is -2.38. The van der Waals surface area contributed by atoms with Gasteiger partial charge < -0.3 is 9.88 Å². The van der Waals surface area contributed by atoms with Crippen LogP contribution in [0.4, 0.5) is 0 Å². The monoisotopic (exact) mass is 338 g/mol. The molecule has 0 bridgehead atoms. The summed E-state index contributed by atoms with van der Waals surface area (Å²) >= 11 is 1.54. The summed E-state index contributed by atoms with van der Waals surface area (Å²) in [6.07, 6.45) is 3.29. The third kappa shape index (κ3) is 2.86. The van der Waals surface area contributed by atoms with Gasteiger partial charge in [-0.15, -0.1) is 11.3 Å². The van der Waals surface area contributed by atoms with E-state index in [1.807, 2.05) is 22.4 Å². The molecule has 0 saturated carbocycles. The topological polar surface area (TPSA) is 36.1 Å². The van der Waals surface area contributed by atoms with Crippen molar-refractivity contribution in [2.24, 2.45) is 5.92 Å². The molecule has 0 radical (unpaired) electrons. The number of nitrogens with zero attached hydrogens (tertiary/aromatic N) is 1. The molecule has 1 aliphatic heterocycles. The number of piperidine rings is 1. The maximum absolute atomic E-state index is 12.4. The Bertz CT molecular complexity index is 842. The molecule has 1 saturated heterocycles. The van der Waals surface area contributed by atoms with Gasteiger partial charge >= 0.3 is 0 Å². The molecule has 0 spiro atoms. The number of nitrogens with one attached hydrogen (secondary N) is 1. The molecule has 0 aliphatic carbocycles. The fourth-order valence-corrected chi connectivity index (χ4v) is 4.47. The van der Waals surface area contributed by atoms with Crippen molar-refractivity contribution in [3.8, 4) is 0 Å². The number of thiophene rings is 1. The molecular weight excluding hydrogens is 316 g/mol. The highest BCUT2D eigenvalue weighted by atomic mass is 32.1. The number of aromatic nitrogens is 1. The predicted molar refractivity (Wildman–Crippen MR) is 99.7 cm³/mol. The van der Waals surface area contributed by atoms with Crippen LogP contribution >= 0.6 is 11.3 Å². The summed E-state index contributed by atoms with van der Waals surface area (Å²) in [6, 6.07) is 12.4. The van der Waals surface area contributed by atoms with E-state index in [1.54, 1.807) is 0 Å². The average molecular weight is 338 g/mol. The second kappa shape index (κ2) is 6.44. The Balaban J connectivity index is 1.43. The van der Waals surface area contributed by atoms with Gasteiger partial charge in [0.15, 0.2) is 0 Å². The van der Waals surface area contributed by atoms with Crippen molar-refractivity contribution >= 4 is 28.1 Å². The molecule has 3 aromatic rings. The number of rotatable bonds is 3. The number of carbonyl (C=O) groups is 1. The first-order valence-electron chi connectivity index (χ1n) is 8.61. The number of aromatic amines is 1. The highest BCUT2D eigenvalue weighted by Crippen LogP contribution is 2.29. The Morgan fingerprint density at radius 2 is 2.00 bits per heavy atom. The molecule has 124 valence electrons. The van der Waals surface area contributed by atoms with Crippen molar-refractivity contribution in [2.45, 2.75) is 26.2 Å². The maximum Gasteiger partial charge on any atom is 0.263 e. The van der Waals surface area contributed by atoms with E-state index in [2.05, 4.69) is 36.2 Å². The summed E-state index contributed by atoms with van der Waals surface area (Å²) in [6.45, 7) is 3.93. The third-order valence-corrected chi connectivity index (χ3v) is 6.01. The van der Waals surface area contributed by atoms with Crippen LogP contribution in [-0.4, -0.2) is 28.9 Å². The van der Waals surface area contributed by atoms with Crippen LogP contribution in [-0.2, 0) is 6.42 Å². The van der Waals surface area contributed by atoms with Gasteiger partial charge in [0.25, 0.3) is 5.91 Å². The molecule has 1 aromatic carbocycles. The number of carbonyl (C=O) groups excluding carboxylic acids is 1. The van der Waals surface area contributed by atoms with Crippen molar-refractivity contribution < 1.29 is 4.79 Å². The van der Waals surface area contributed by atoms with Crippen LogP contribution in [0.1, 0.15) is 33.8 Å². The Labute approximate surface area is 146 Å². The molecule has 1 amide bonds. The number of amides is 1. The van der Waals surface area contributed by atoms with E-state index >= 15 is 0 Å². The third-order valence-electron chi connectivity index (χ3n) is 5.15. The van der Waals surface area contributed by atoms with Gasteiger partial charge in [-0.2, -0.15) is 0 Å². The molecule has 4 heteroatoms. The van der Waals surface area contributed by atoms with Crippen LogP contribution in [0.15, 0.2) is 41.8 Å². The number of likely N-dealkylation sites (tertiary alicyclic amines) is 1. The lowest BCUT2D eigenvalue weighted by Gasteiger charge is -2.32. The minimum atomic E-state index is 0.201. The first-order chi connectivity index (χ1) is 11.7. The summed E-state index contributed by atoms with van der Waals surface area (Å²) in [5.41, 5.74) is 3.97. The number of aryl methyl sites for hydroxylation is 1. The number of benzene rings is 1. The van der Waals surface area contributed by atoms with Crippen molar-refractivity contribution in [3.05, 3.63) is 57.9 Å². The SMILES string of the molecule is Cc1[nH]c2ccccc2c1CC1CCN(C(=O)c2cccs2)CC1. The van der Waals surface area contributed by atoms with Crippen molar-refractivity contribution in [3.63, 3.8) is 0 Å². The molecule has 0 atom stereocenters. The Morgan fingerprint density at radius 1 is 1.21 bits per heavy atom. The summed E-state index contributed by atoms with van der Waals surface area (Å²) in [4.78, 5) is 18.8. The van der Waals surface area contributed by atoms with Gasteiger partial charge in [0.1, 0.15) is 0 Å². The van der Waals surface area contributed by atoms with Crippen LogP contribution < -0.4 is 0 Å². The fourth-order valence-electron chi connectivity index (χ4n) is 3.78. The minimum absolute atomic E-state index is 0.201. The number of para-hydroxylation sites is 1. The van der Waals surface area contributed by atoms with Gasteiger partial charge in [-0.25, -0.2) is 0 Å². The molecule has 3 heterocycles. The van der Waals surface area contributed by atoms with Crippen LogP contribution in [0, 0.1) is 12.8 Å². The number of H-pyrrole nitrogens is 1. The first-order valence-corrected chi connectivity index (χ1v) is 9.49. The van der Waals surface area contributed by atoms with Gasteiger partial charge in [-0.05, 0) is 55.2 Å². The molecule has 2 aromatic heterocycles. The van der Waals surface area contributed by atoms with Gasteiger partial charge in [0.2, 0.25) is 0 Å². The van der Waals surface area contributed by atoms with E-state index in [4.69, 9.17) is 0 Å². The Hall–Kier alpha value is -2.07. The summed E-state index contributed by atoms with van der Waals surface area (Å²) in [5.74, 6) is 0.863. The normalized spacial score (nSPS) is 16.0. The molecule has 24 heavy (non-hydrogen) atoms. The van der Waals surface area contributed by atoms with Crippen molar-refractivity contribution in [1.82, 2.24) is 9.88 Å². The van der Waals surface area contributed by atoms with E-state index in [0.29, 0.717) is 5.92 Å². The first kappa shape index (κ1) is 15.5. The maximum atomic E-state index is 12.4. The van der Waals surface area contributed by atoms with E-state index < -0.39 is 0 Å².